The van der Waals surface area contributed by atoms with Crippen LogP contribution in [0.2, 0.25) is 0 Å². The predicted octanol–water partition coefficient (Wildman–Crippen LogP) is -0.981. The van der Waals surface area contributed by atoms with Crippen molar-refractivity contribution >= 4 is 21.9 Å². The summed E-state index contributed by atoms with van der Waals surface area (Å²) in [7, 11) is -3.58. The highest BCUT2D eigenvalue weighted by atomic mass is 32.2. The van der Waals surface area contributed by atoms with E-state index in [4.69, 9.17) is 9.56 Å². The number of nitrogens with two attached hydrogens (primary N) is 1. The minimum Gasteiger partial charge on any atom is -0.408 e. The van der Waals surface area contributed by atoms with Crippen LogP contribution in [0.25, 0.3) is 0 Å². The van der Waals surface area contributed by atoms with E-state index in [1.54, 1.807) is 6.92 Å². The molecule has 1 saturated heterocycles. The fourth-order valence-corrected chi connectivity index (χ4v) is 2.68. The number of primary sulfonamides is 1. The number of aryl methyl sites for hydroxylation is 1. The molecule has 2 heterocycles. The smallest absolute Gasteiger partial charge is 0.324 e. The molecule has 1 unspecified atom stereocenters. The number of amides is 1. The summed E-state index contributed by atoms with van der Waals surface area (Å²) >= 11 is 0. The van der Waals surface area contributed by atoms with E-state index in [1.807, 2.05) is 0 Å². The minimum atomic E-state index is -3.58. The lowest BCUT2D eigenvalue weighted by Gasteiger charge is -2.10. The number of hydrogen-bond donors (Lipinski definition) is 1. The summed E-state index contributed by atoms with van der Waals surface area (Å²) in [5.74, 6) is -0.433. The standard InChI is InChI=1S/C8H12N4O4S/c1-5-10-11-8(16-5)12-3-6(2-7(12)13)4-17(9,14)15/h6H,2-4H2,1H3,(H2,9,14,15). The molecular formula is C8H12N4O4S. The summed E-state index contributed by atoms with van der Waals surface area (Å²) in [6.07, 6.45) is 0.123. The quantitative estimate of drug-likeness (QED) is 0.745. The summed E-state index contributed by atoms with van der Waals surface area (Å²) in [5.41, 5.74) is 0. The maximum Gasteiger partial charge on any atom is 0.324 e. The summed E-state index contributed by atoms with van der Waals surface area (Å²) in [6.45, 7) is 1.84. The summed E-state index contributed by atoms with van der Waals surface area (Å²) in [5, 5.41) is 12.3. The van der Waals surface area contributed by atoms with Crippen molar-refractivity contribution in [1.29, 1.82) is 0 Å². The Balaban J connectivity index is 2.10. The topological polar surface area (TPSA) is 119 Å². The number of hydrogen-bond acceptors (Lipinski definition) is 6. The van der Waals surface area contributed by atoms with Crippen molar-refractivity contribution in [3.05, 3.63) is 5.89 Å². The lowest BCUT2D eigenvalue weighted by molar-refractivity contribution is -0.117. The second kappa shape index (κ2) is 4.08. The molecule has 0 bridgehead atoms. The molecule has 1 amide bonds. The number of aromatic nitrogens is 2. The second-order valence-electron chi connectivity index (χ2n) is 4.01. The summed E-state index contributed by atoms with van der Waals surface area (Å²) in [4.78, 5) is 12.9. The molecule has 8 nitrogen and oxygen atoms in total. The zero-order chi connectivity index (χ0) is 12.6. The van der Waals surface area contributed by atoms with Gasteiger partial charge in [0, 0.05) is 25.8 Å². The first-order valence-corrected chi connectivity index (χ1v) is 6.67. The van der Waals surface area contributed by atoms with Crippen LogP contribution < -0.4 is 10.0 Å². The molecule has 1 aromatic heterocycles. The van der Waals surface area contributed by atoms with E-state index in [0.29, 0.717) is 5.89 Å². The first-order valence-electron chi connectivity index (χ1n) is 4.96. The molecule has 17 heavy (non-hydrogen) atoms. The Morgan fingerprint density at radius 2 is 2.24 bits per heavy atom. The van der Waals surface area contributed by atoms with Gasteiger partial charge in [0.1, 0.15) is 0 Å². The SMILES string of the molecule is Cc1nnc(N2CC(CS(N)(=O)=O)CC2=O)o1. The van der Waals surface area contributed by atoms with Crippen LogP contribution in [0, 0.1) is 12.8 Å². The number of anilines is 1. The van der Waals surface area contributed by atoms with Crippen molar-refractivity contribution in [3.63, 3.8) is 0 Å². The van der Waals surface area contributed by atoms with Gasteiger partial charge in [-0.15, -0.1) is 5.10 Å². The van der Waals surface area contributed by atoms with Crippen LogP contribution in [-0.2, 0) is 14.8 Å². The summed E-state index contributed by atoms with van der Waals surface area (Å²) < 4.78 is 27.0. The van der Waals surface area contributed by atoms with E-state index >= 15 is 0 Å². The Kier molecular flexibility index (Phi) is 2.87. The fourth-order valence-electron chi connectivity index (χ4n) is 1.80. The fraction of sp³-hybridized carbons (Fsp3) is 0.625. The number of carbonyl (C=O) groups is 1. The van der Waals surface area contributed by atoms with Gasteiger partial charge < -0.3 is 4.42 Å². The van der Waals surface area contributed by atoms with Crippen LogP contribution in [0.1, 0.15) is 12.3 Å². The number of sulfonamides is 1. The van der Waals surface area contributed by atoms with Gasteiger partial charge in [-0.3, -0.25) is 9.69 Å². The van der Waals surface area contributed by atoms with Crippen molar-refractivity contribution in [3.8, 4) is 0 Å². The van der Waals surface area contributed by atoms with Gasteiger partial charge >= 0.3 is 6.01 Å². The molecule has 1 aromatic rings. The molecule has 94 valence electrons. The Hall–Kier alpha value is -1.48. The Bertz CT molecular complexity index is 537. The summed E-state index contributed by atoms with van der Waals surface area (Å²) in [6, 6.07) is 0.101. The number of nitrogens with zero attached hydrogens (tertiary/aromatic N) is 3. The minimum absolute atomic E-state index is 0.101. The van der Waals surface area contributed by atoms with E-state index in [-0.39, 0.29) is 36.6 Å². The molecule has 9 heteroatoms. The van der Waals surface area contributed by atoms with Crippen LogP contribution in [0.15, 0.2) is 4.42 Å². The van der Waals surface area contributed by atoms with Crippen LogP contribution in [0.5, 0.6) is 0 Å². The zero-order valence-corrected chi connectivity index (χ0v) is 9.98. The zero-order valence-electron chi connectivity index (χ0n) is 9.16. The molecule has 0 aromatic carbocycles. The number of carbonyl (C=O) groups excluding carboxylic acids is 1. The van der Waals surface area contributed by atoms with Crippen LogP contribution >= 0.6 is 0 Å². The molecule has 0 radical (unpaired) electrons. The monoisotopic (exact) mass is 260 g/mol. The Morgan fingerprint density at radius 3 is 2.76 bits per heavy atom. The molecule has 1 aliphatic heterocycles. The largest absolute Gasteiger partial charge is 0.408 e. The molecular weight excluding hydrogens is 248 g/mol. The number of rotatable bonds is 3. The van der Waals surface area contributed by atoms with Gasteiger partial charge in [0.25, 0.3) is 0 Å². The maximum atomic E-state index is 11.6. The van der Waals surface area contributed by atoms with Gasteiger partial charge in [0.05, 0.1) is 5.75 Å². The lowest BCUT2D eigenvalue weighted by Crippen LogP contribution is -2.27. The Labute approximate surface area is 97.8 Å². The van der Waals surface area contributed by atoms with E-state index < -0.39 is 10.0 Å². The van der Waals surface area contributed by atoms with Crippen molar-refractivity contribution in [2.75, 3.05) is 17.2 Å². The van der Waals surface area contributed by atoms with Gasteiger partial charge in [0.2, 0.25) is 21.8 Å². The van der Waals surface area contributed by atoms with Gasteiger partial charge in [-0.05, 0) is 0 Å². The third-order valence-corrected chi connectivity index (χ3v) is 3.36. The van der Waals surface area contributed by atoms with Crippen LogP contribution in [-0.4, -0.2) is 36.8 Å². The Morgan fingerprint density at radius 1 is 1.53 bits per heavy atom. The molecule has 0 spiro atoms. The lowest BCUT2D eigenvalue weighted by atomic mass is 10.1. The van der Waals surface area contributed by atoms with Crippen molar-refractivity contribution in [2.45, 2.75) is 13.3 Å². The predicted molar refractivity (Wildman–Crippen MR) is 57.5 cm³/mol. The van der Waals surface area contributed by atoms with E-state index in [1.165, 1.54) is 4.90 Å². The molecule has 1 aliphatic rings. The van der Waals surface area contributed by atoms with Crippen LogP contribution in [0.3, 0.4) is 0 Å². The average molecular weight is 260 g/mol. The van der Waals surface area contributed by atoms with Gasteiger partial charge in [0.15, 0.2) is 0 Å². The molecule has 1 fully saturated rings. The second-order valence-corrected chi connectivity index (χ2v) is 5.67. The third kappa shape index (κ3) is 2.80. The van der Waals surface area contributed by atoms with E-state index in [2.05, 4.69) is 10.2 Å². The normalized spacial score (nSPS) is 21.2. The van der Waals surface area contributed by atoms with Crippen LogP contribution in [0.4, 0.5) is 6.01 Å². The molecule has 1 atom stereocenters. The van der Waals surface area contributed by atoms with Crippen molar-refractivity contribution in [1.82, 2.24) is 10.2 Å². The molecule has 0 saturated carbocycles. The van der Waals surface area contributed by atoms with Gasteiger partial charge in [-0.2, -0.15) is 0 Å². The highest BCUT2D eigenvalue weighted by Gasteiger charge is 2.35. The van der Waals surface area contributed by atoms with Crippen molar-refractivity contribution < 1.29 is 17.6 Å². The highest BCUT2D eigenvalue weighted by molar-refractivity contribution is 7.89. The third-order valence-electron chi connectivity index (χ3n) is 2.42. The van der Waals surface area contributed by atoms with E-state index in [9.17, 15) is 13.2 Å². The first-order chi connectivity index (χ1) is 7.85. The molecule has 0 aliphatic carbocycles. The van der Waals surface area contributed by atoms with E-state index in [0.717, 1.165) is 0 Å². The molecule has 2 rings (SSSR count). The maximum absolute atomic E-state index is 11.6. The van der Waals surface area contributed by atoms with Gasteiger partial charge in [-0.25, -0.2) is 13.6 Å². The van der Waals surface area contributed by atoms with Crippen molar-refractivity contribution in [2.24, 2.45) is 11.1 Å². The highest BCUT2D eigenvalue weighted by Crippen LogP contribution is 2.24. The molecule has 2 N–H and O–H groups in total. The average Bonchev–Trinajstić information content (AvgIpc) is 2.70. The van der Waals surface area contributed by atoms with Gasteiger partial charge in [-0.1, -0.05) is 5.10 Å². The first kappa shape index (κ1) is 12.0.